The summed E-state index contributed by atoms with van der Waals surface area (Å²) in [5.41, 5.74) is 9.75. The molecule has 2 rings (SSSR count). The van der Waals surface area contributed by atoms with Crippen LogP contribution in [0.3, 0.4) is 0 Å². The van der Waals surface area contributed by atoms with Gasteiger partial charge in [-0.1, -0.05) is 12.1 Å². The second-order valence-corrected chi connectivity index (χ2v) is 4.90. The maximum Gasteiger partial charge on any atom is 0.261 e. The van der Waals surface area contributed by atoms with E-state index in [0.29, 0.717) is 12.1 Å². The van der Waals surface area contributed by atoms with E-state index in [2.05, 4.69) is 5.10 Å². The highest BCUT2D eigenvalue weighted by Gasteiger charge is 2.21. The van der Waals surface area contributed by atoms with Gasteiger partial charge in [0.15, 0.2) is 0 Å². The second-order valence-electron chi connectivity index (χ2n) is 4.90. The molecule has 0 aliphatic carbocycles. The quantitative estimate of drug-likeness (QED) is 0.926. The topological polar surface area (TPSA) is 64.2 Å². The van der Waals surface area contributed by atoms with Gasteiger partial charge in [0.05, 0.1) is 11.3 Å². The SMILES string of the molecule is Cc1nn(C)c(C)c1C(=O)N(C)c1ccc(CN)cc1. The molecule has 0 fully saturated rings. The summed E-state index contributed by atoms with van der Waals surface area (Å²) in [7, 11) is 3.61. The normalized spacial score (nSPS) is 10.7. The van der Waals surface area contributed by atoms with Crippen LogP contribution in [0, 0.1) is 13.8 Å². The standard InChI is InChI=1S/C15H20N4O/c1-10-14(11(2)19(4)17-10)15(20)18(3)13-7-5-12(9-16)6-8-13/h5-8H,9,16H2,1-4H3. The molecule has 1 aromatic heterocycles. The largest absolute Gasteiger partial charge is 0.326 e. The first kappa shape index (κ1) is 14.3. The Morgan fingerprint density at radius 3 is 2.35 bits per heavy atom. The Labute approximate surface area is 119 Å². The van der Waals surface area contributed by atoms with Crippen molar-refractivity contribution >= 4 is 11.6 Å². The number of benzene rings is 1. The molecule has 106 valence electrons. The van der Waals surface area contributed by atoms with Gasteiger partial charge in [0.2, 0.25) is 0 Å². The maximum atomic E-state index is 12.6. The third-order valence-corrected chi connectivity index (χ3v) is 3.59. The van der Waals surface area contributed by atoms with Crippen molar-refractivity contribution < 1.29 is 4.79 Å². The third kappa shape index (κ3) is 2.44. The lowest BCUT2D eigenvalue weighted by molar-refractivity contribution is 0.0991. The highest BCUT2D eigenvalue weighted by molar-refractivity contribution is 6.07. The fourth-order valence-corrected chi connectivity index (χ4v) is 2.22. The average molecular weight is 272 g/mol. The minimum absolute atomic E-state index is 0.0476. The number of carbonyl (C=O) groups is 1. The first-order valence-electron chi connectivity index (χ1n) is 6.53. The van der Waals surface area contributed by atoms with Crippen molar-refractivity contribution in [1.82, 2.24) is 9.78 Å². The van der Waals surface area contributed by atoms with Gasteiger partial charge in [-0.3, -0.25) is 9.48 Å². The van der Waals surface area contributed by atoms with E-state index in [0.717, 1.165) is 22.6 Å². The summed E-state index contributed by atoms with van der Waals surface area (Å²) in [4.78, 5) is 14.2. The van der Waals surface area contributed by atoms with E-state index in [1.807, 2.05) is 45.2 Å². The van der Waals surface area contributed by atoms with Gasteiger partial charge in [-0.05, 0) is 31.5 Å². The van der Waals surface area contributed by atoms with Crippen LogP contribution in [0.15, 0.2) is 24.3 Å². The van der Waals surface area contributed by atoms with Crippen molar-refractivity contribution in [3.05, 3.63) is 46.8 Å². The Hall–Kier alpha value is -2.14. The summed E-state index contributed by atoms with van der Waals surface area (Å²) in [6, 6.07) is 7.67. The van der Waals surface area contributed by atoms with Crippen LogP contribution in [0.5, 0.6) is 0 Å². The van der Waals surface area contributed by atoms with Crippen LogP contribution < -0.4 is 10.6 Å². The molecule has 1 aromatic carbocycles. The van der Waals surface area contributed by atoms with E-state index in [1.54, 1.807) is 16.6 Å². The van der Waals surface area contributed by atoms with Crippen molar-refractivity contribution in [3.8, 4) is 0 Å². The van der Waals surface area contributed by atoms with Gasteiger partial charge in [-0.15, -0.1) is 0 Å². The zero-order valence-corrected chi connectivity index (χ0v) is 12.3. The average Bonchev–Trinajstić information content (AvgIpc) is 2.71. The van der Waals surface area contributed by atoms with Crippen LogP contribution in [0.4, 0.5) is 5.69 Å². The Kier molecular flexibility index (Phi) is 3.90. The van der Waals surface area contributed by atoms with E-state index in [4.69, 9.17) is 5.73 Å². The Balaban J connectivity index is 2.32. The molecule has 5 nitrogen and oxygen atoms in total. The molecular formula is C15H20N4O. The molecule has 5 heteroatoms. The summed E-state index contributed by atoms with van der Waals surface area (Å²) in [5, 5.41) is 4.29. The summed E-state index contributed by atoms with van der Waals surface area (Å²) >= 11 is 0. The maximum absolute atomic E-state index is 12.6. The first-order chi connectivity index (χ1) is 9.45. The molecule has 2 N–H and O–H groups in total. The highest BCUT2D eigenvalue weighted by Crippen LogP contribution is 2.20. The molecule has 0 atom stereocenters. The van der Waals surface area contributed by atoms with Gasteiger partial charge in [-0.2, -0.15) is 5.10 Å². The molecule has 0 radical (unpaired) electrons. The van der Waals surface area contributed by atoms with Gasteiger partial charge in [0, 0.05) is 32.0 Å². The zero-order valence-electron chi connectivity index (χ0n) is 12.3. The molecule has 0 saturated heterocycles. The number of amides is 1. The predicted molar refractivity (Wildman–Crippen MR) is 79.7 cm³/mol. The molecular weight excluding hydrogens is 252 g/mol. The van der Waals surface area contributed by atoms with Crippen molar-refractivity contribution in [3.63, 3.8) is 0 Å². The van der Waals surface area contributed by atoms with Gasteiger partial charge in [0.25, 0.3) is 5.91 Å². The number of hydrogen-bond donors (Lipinski definition) is 1. The van der Waals surface area contributed by atoms with Crippen LogP contribution in [0.1, 0.15) is 27.3 Å². The molecule has 1 amide bonds. The van der Waals surface area contributed by atoms with E-state index in [9.17, 15) is 4.79 Å². The molecule has 0 spiro atoms. The number of hydrogen-bond acceptors (Lipinski definition) is 3. The van der Waals surface area contributed by atoms with Crippen molar-refractivity contribution in [2.24, 2.45) is 12.8 Å². The second kappa shape index (κ2) is 5.46. The predicted octanol–water partition coefficient (Wildman–Crippen LogP) is 1.77. The molecule has 20 heavy (non-hydrogen) atoms. The zero-order chi connectivity index (χ0) is 14.9. The van der Waals surface area contributed by atoms with Crippen molar-refractivity contribution in [2.45, 2.75) is 20.4 Å². The van der Waals surface area contributed by atoms with Crippen molar-refractivity contribution in [2.75, 3.05) is 11.9 Å². The fourth-order valence-electron chi connectivity index (χ4n) is 2.22. The van der Waals surface area contributed by atoms with Crippen LogP contribution in [0.2, 0.25) is 0 Å². The van der Waals surface area contributed by atoms with Crippen LogP contribution >= 0.6 is 0 Å². The first-order valence-corrected chi connectivity index (χ1v) is 6.53. The molecule has 1 heterocycles. The minimum Gasteiger partial charge on any atom is -0.326 e. The number of carbonyl (C=O) groups excluding carboxylic acids is 1. The number of nitrogens with zero attached hydrogens (tertiary/aromatic N) is 3. The van der Waals surface area contributed by atoms with E-state index < -0.39 is 0 Å². The van der Waals surface area contributed by atoms with Gasteiger partial charge in [-0.25, -0.2) is 0 Å². The third-order valence-electron chi connectivity index (χ3n) is 3.59. The molecule has 0 bridgehead atoms. The molecule has 0 saturated carbocycles. The summed E-state index contributed by atoms with van der Waals surface area (Å²) in [6.45, 7) is 4.25. The Bertz CT molecular complexity index is 628. The van der Waals surface area contributed by atoms with Crippen LogP contribution in [-0.4, -0.2) is 22.7 Å². The van der Waals surface area contributed by atoms with E-state index in [-0.39, 0.29) is 5.91 Å². The Morgan fingerprint density at radius 1 is 1.30 bits per heavy atom. The summed E-state index contributed by atoms with van der Waals surface area (Å²) in [6.07, 6.45) is 0. The van der Waals surface area contributed by atoms with Crippen LogP contribution in [0.25, 0.3) is 0 Å². The van der Waals surface area contributed by atoms with E-state index in [1.165, 1.54) is 0 Å². The molecule has 2 aromatic rings. The van der Waals surface area contributed by atoms with Crippen LogP contribution in [-0.2, 0) is 13.6 Å². The lowest BCUT2D eigenvalue weighted by Gasteiger charge is -2.18. The van der Waals surface area contributed by atoms with Crippen molar-refractivity contribution in [1.29, 1.82) is 0 Å². The highest BCUT2D eigenvalue weighted by atomic mass is 16.2. The lowest BCUT2D eigenvalue weighted by Crippen LogP contribution is -2.27. The Morgan fingerprint density at radius 2 is 1.90 bits per heavy atom. The number of rotatable bonds is 3. The smallest absolute Gasteiger partial charge is 0.261 e. The number of nitrogens with two attached hydrogens (primary N) is 1. The monoisotopic (exact) mass is 272 g/mol. The van der Waals surface area contributed by atoms with Gasteiger partial charge >= 0.3 is 0 Å². The molecule has 0 unspecified atom stereocenters. The van der Waals surface area contributed by atoms with Gasteiger partial charge < -0.3 is 10.6 Å². The number of anilines is 1. The van der Waals surface area contributed by atoms with E-state index >= 15 is 0 Å². The summed E-state index contributed by atoms with van der Waals surface area (Å²) in [5.74, 6) is -0.0476. The minimum atomic E-state index is -0.0476. The fraction of sp³-hybridized carbons (Fsp3) is 0.333. The summed E-state index contributed by atoms with van der Waals surface area (Å²) < 4.78 is 1.73. The molecule has 0 aliphatic rings. The number of aromatic nitrogens is 2. The lowest BCUT2D eigenvalue weighted by atomic mass is 10.1. The molecule has 0 aliphatic heterocycles. The number of aryl methyl sites for hydroxylation is 2. The van der Waals surface area contributed by atoms with Gasteiger partial charge in [0.1, 0.15) is 0 Å².